The normalized spacial score (nSPS) is 21.0. The molecule has 2 N–H and O–H groups in total. The van der Waals surface area contributed by atoms with Crippen molar-refractivity contribution in [3.63, 3.8) is 0 Å². The van der Waals surface area contributed by atoms with Crippen LogP contribution in [-0.2, 0) is 10.2 Å². The summed E-state index contributed by atoms with van der Waals surface area (Å²) < 4.78 is 0. The quantitative estimate of drug-likeness (QED) is 0.795. The van der Waals surface area contributed by atoms with Crippen LogP contribution in [0.3, 0.4) is 0 Å². The molecule has 1 saturated heterocycles. The second-order valence-corrected chi connectivity index (χ2v) is 7.02. The maximum Gasteiger partial charge on any atom is 0.407 e. The Kier molecular flexibility index (Phi) is 3.73. The van der Waals surface area contributed by atoms with Crippen molar-refractivity contribution in [1.29, 1.82) is 0 Å². The van der Waals surface area contributed by atoms with Gasteiger partial charge in [0.2, 0.25) is 5.91 Å². The van der Waals surface area contributed by atoms with Crippen LogP contribution in [0.1, 0.15) is 27.9 Å². The van der Waals surface area contributed by atoms with Gasteiger partial charge in [0.05, 0.1) is 5.41 Å². The maximum atomic E-state index is 12.8. The number of carbonyl (C=O) groups excluding carboxylic acids is 2. The van der Waals surface area contributed by atoms with E-state index in [1.807, 2.05) is 0 Å². The number of carboxylic acid groups (broad SMARTS) is 1. The summed E-state index contributed by atoms with van der Waals surface area (Å²) in [7, 11) is 0. The Bertz CT molecular complexity index is 941. The van der Waals surface area contributed by atoms with E-state index in [4.69, 9.17) is 11.6 Å². The second-order valence-electron chi connectivity index (χ2n) is 6.59. The number of rotatable bonds is 2. The van der Waals surface area contributed by atoms with Gasteiger partial charge in [0.15, 0.2) is 5.78 Å². The van der Waals surface area contributed by atoms with Gasteiger partial charge in [0.1, 0.15) is 0 Å². The fraction of sp³-hybridized carbons (Fsp3) is 0.211. The van der Waals surface area contributed by atoms with Crippen molar-refractivity contribution < 1.29 is 19.5 Å². The molecule has 0 saturated carbocycles. The molecule has 0 aliphatic carbocycles. The Hall–Kier alpha value is -2.86. The lowest BCUT2D eigenvalue weighted by molar-refractivity contribution is -0.120. The van der Waals surface area contributed by atoms with Gasteiger partial charge in [0.25, 0.3) is 0 Å². The van der Waals surface area contributed by atoms with Crippen LogP contribution in [0.25, 0.3) is 0 Å². The third kappa shape index (κ3) is 2.45. The van der Waals surface area contributed by atoms with Crippen molar-refractivity contribution >= 4 is 35.1 Å². The molecule has 7 heteroatoms. The molecule has 1 unspecified atom stereocenters. The Morgan fingerprint density at radius 2 is 1.81 bits per heavy atom. The molecule has 2 aliphatic heterocycles. The SMILES string of the molecule is O=C(c1ccc(Cl)cc1)c1ccc2c(c1)C1(CCN(C(=O)O)C1)C(=O)N2. The third-order valence-electron chi connectivity index (χ3n) is 5.13. The van der Waals surface area contributed by atoms with Gasteiger partial charge in [-0.1, -0.05) is 11.6 Å². The molecule has 2 aromatic rings. The lowest BCUT2D eigenvalue weighted by Gasteiger charge is -2.21. The van der Waals surface area contributed by atoms with E-state index in [0.29, 0.717) is 33.8 Å². The molecular weight excluding hydrogens is 356 g/mol. The molecule has 2 amide bonds. The fourth-order valence-electron chi connectivity index (χ4n) is 3.70. The topological polar surface area (TPSA) is 86.7 Å². The maximum absolute atomic E-state index is 12.8. The van der Waals surface area contributed by atoms with Gasteiger partial charge in [0, 0.05) is 34.9 Å². The van der Waals surface area contributed by atoms with E-state index in [1.165, 1.54) is 4.90 Å². The van der Waals surface area contributed by atoms with E-state index < -0.39 is 11.5 Å². The zero-order chi connectivity index (χ0) is 18.5. The molecular formula is C19H15ClN2O4. The van der Waals surface area contributed by atoms with Gasteiger partial charge >= 0.3 is 6.09 Å². The van der Waals surface area contributed by atoms with Crippen LogP contribution in [0.2, 0.25) is 5.02 Å². The Morgan fingerprint density at radius 1 is 1.12 bits per heavy atom. The number of benzene rings is 2. The summed E-state index contributed by atoms with van der Waals surface area (Å²) in [6.07, 6.45) is -0.645. The summed E-state index contributed by atoms with van der Waals surface area (Å²) in [6.45, 7) is 0.386. The highest BCUT2D eigenvalue weighted by Gasteiger charge is 2.52. The first-order valence-corrected chi connectivity index (χ1v) is 8.53. The van der Waals surface area contributed by atoms with Crippen LogP contribution in [0.4, 0.5) is 10.5 Å². The molecule has 0 aromatic heterocycles. The summed E-state index contributed by atoms with van der Waals surface area (Å²) in [5, 5.41) is 12.6. The summed E-state index contributed by atoms with van der Waals surface area (Å²) in [4.78, 5) is 37.9. The van der Waals surface area contributed by atoms with E-state index in [2.05, 4.69) is 5.32 Å². The number of nitrogens with zero attached hydrogens (tertiary/aromatic N) is 1. The molecule has 0 radical (unpaired) electrons. The van der Waals surface area contributed by atoms with Crippen LogP contribution in [0.5, 0.6) is 0 Å². The largest absolute Gasteiger partial charge is 0.465 e. The molecule has 26 heavy (non-hydrogen) atoms. The van der Waals surface area contributed by atoms with Gasteiger partial charge in [-0.2, -0.15) is 0 Å². The minimum Gasteiger partial charge on any atom is -0.465 e. The number of carbonyl (C=O) groups is 3. The first-order valence-electron chi connectivity index (χ1n) is 8.15. The van der Waals surface area contributed by atoms with Crippen molar-refractivity contribution in [3.8, 4) is 0 Å². The molecule has 1 atom stereocenters. The van der Waals surface area contributed by atoms with Crippen molar-refractivity contribution in [1.82, 2.24) is 4.90 Å². The van der Waals surface area contributed by atoms with Crippen molar-refractivity contribution in [2.75, 3.05) is 18.4 Å². The number of fused-ring (bicyclic) bond motifs is 2. The van der Waals surface area contributed by atoms with Gasteiger partial charge in [-0.3, -0.25) is 9.59 Å². The van der Waals surface area contributed by atoms with E-state index in [9.17, 15) is 19.5 Å². The molecule has 2 aromatic carbocycles. The van der Waals surface area contributed by atoms with Gasteiger partial charge in [-0.05, 0) is 54.4 Å². The zero-order valence-electron chi connectivity index (χ0n) is 13.7. The Labute approximate surface area is 154 Å². The number of likely N-dealkylation sites (tertiary alicyclic amines) is 1. The summed E-state index contributed by atoms with van der Waals surface area (Å²) in [6, 6.07) is 11.7. The van der Waals surface area contributed by atoms with Crippen LogP contribution in [0, 0.1) is 0 Å². The van der Waals surface area contributed by atoms with Crippen LogP contribution < -0.4 is 5.32 Å². The summed E-state index contributed by atoms with van der Waals surface area (Å²) in [5.74, 6) is -0.389. The molecule has 2 heterocycles. The molecule has 2 aliphatic rings. The predicted octanol–water partition coefficient (Wildman–Crippen LogP) is 3.14. The predicted molar refractivity (Wildman–Crippen MR) is 95.8 cm³/mol. The van der Waals surface area contributed by atoms with E-state index in [1.54, 1.807) is 42.5 Å². The second kappa shape index (κ2) is 5.85. The zero-order valence-corrected chi connectivity index (χ0v) is 14.4. The third-order valence-corrected chi connectivity index (χ3v) is 5.38. The average molecular weight is 371 g/mol. The van der Waals surface area contributed by atoms with E-state index in [-0.39, 0.29) is 24.8 Å². The minimum absolute atomic E-state index is 0.0970. The van der Waals surface area contributed by atoms with Crippen molar-refractivity contribution in [2.45, 2.75) is 11.8 Å². The van der Waals surface area contributed by atoms with Crippen molar-refractivity contribution in [2.24, 2.45) is 0 Å². The van der Waals surface area contributed by atoms with Crippen LogP contribution in [0.15, 0.2) is 42.5 Å². The van der Waals surface area contributed by atoms with Crippen LogP contribution >= 0.6 is 11.6 Å². The van der Waals surface area contributed by atoms with E-state index >= 15 is 0 Å². The minimum atomic E-state index is -1.04. The average Bonchev–Trinajstić information content (AvgIpc) is 3.19. The molecule has 132 valence electrons. The highest BCUT2D eigenvalue weighted by Crippen LogP contribution is 2.44. The first-order chi connectivity index (χ1) is 12.4. The molecule has 0 bridgehead atoms. The number of hydrogen-bond acceptors (Lipinski definition) is 3. The summed E-state index contributed by atoms with van der Waals surface area (Å²) in [5.41, 5.74) is 1.35. The fourth-order valence-corrected chi connectivity index (χ4v) is 3.83. The number of halogens is 1. The van der Waals surface area contributed by atoms with Crippen LogP contribution in [-0.4, -0.2) is 40.9 Å². The molecule has 1 fully saturated rings. The Balaban J connectivity index is 1.73. The van der Waals surface area contributed by atoms with Crippen molar-refractivity contribution in [3.05, 3.63) is 64.2 Å². The standard InChI is InChI=1S/C19H15ClN2O4/c20-13-4-1-11(2-5-13)16(23)12-3-6-15-14(9-12)19(17(24)21-15)7-8-22(10-19)18(25)26/h1-6,9H,7-8,10H2,(H,21,24)(H,25,26). The number of nitrogens with one attached hydrogen (secondary N) is 1. The highest BCUT2D eigenvalue weighted by atomic mass is 35.5. The molecule has 4 rings (SSSR count). The number of anilines is 1. The van der Waals surface area contributed by atoms with Gasteiger partial charge in [-0.15, -0.1) is 0 Å². The number of hydrogen-bond donors (Lipinski definition) is 2. The molecule has 6 nitrogen and oxygen atoms in total. The Morgan fingerprint density at radius 3 is 2.46 bits per heavy atom. The number of amides is 2. The van der Waals surface area contributed by atoms with Gasteiger partial charge < -0.3 is 15.3 Å². The highest BCUT2D eigenvalue weighted by molar-refractivity contribution is 6.30. The van der Waals surface area contributed by atoms with Gasteiger partial charge in [-0.25, -0.2) is 4.79 Å². The first kappa shape index (κ1) is 16.6. The summed E-state index contributed by atoms with van der Waals surface area (Å²) >= 11 is 5.87. The lowest BCUT2D eigenvalue weighted by atomic mass is 9.80. The van der Waals surface area contributed by atoms with E-state index in [0.717, 1.165) is 0 Å². The number of ketones is 1. The molecule has 1 spiro atoms. The lowest BCUT2D eigenvalue weighted by Crippen LogP contribution is -2.39. The monoisotopic (exact) mass is 370 g/mol. The smallest absolute Gasteiger partial charge is 0.407 e.